The number of halogens is 1. The first kappa shape index (κ1) is 17.9. The Morgan fingerprint density at radius 2 is 2.21 bits per heavy atom. The lowest BCUT2D eigenvalue weighted by atomic mass is 9.98. The first-order valence-corrected chi connectivity index (χ1v) is 7.88. The molecule has 1 aromatic carbocycles. The van der Waals surface area contributed by atoms with Crippen molar-refractivity contribution in [2.75, 3.05) is 11.9 Å². The zero-order valence-electron chi connectivity index (χ0n) is 14.1. The van der Waals surface area contributed by atoms with Gasteiger partial charge in [0.15, 0.2) is 5.82 Å². The number of anilines is 1. The van der Waals surface area contributed by atoms with Gasteiger partial charge < -0.3 is 15.7 Å². The van der Waals surface area contributed by atoms with Crippen LogP contribution in [0.25, 0.3) is 5.69 Å². The van der Waals surface area contributed by atoms with E-state index in [9.17, 15) is 14.3 Å². The second kappa shape index (κ2) is 7.44. The number of hydrogen-bond donors (Lipinski definition) is 3. The number of nitrogens with one attached hydrogen (secondary N) is 2. The minimum Gasteiger partial charge on any atom is -0.394 e. The van der Waals surface area contributed by atoms with Crippen LogP contribution in [-0.2, 0) is 0 Å². The Kier molecular flexibility index (Phi) is 5.56. The third kappa shape index (κ3) is 4.32. The summed E-state index contributed by atoms with van der Waals surface area (Å²) in [5, 5.41) is 18.8. The van der Waals surface area contributed by atoms with Crippen molar-refractivity contribution in [2.45, 2.75) is 39.2 Å². The fraction of sp³-hybridized carbons (Fsp3) is 0.412. The molecule has 2 rings (SSSR count). The summed E-state index contributed by atoms with van der Waals surface area (Å²) >= 11 is 0. The zero-order valence-corrected chi connectivity index (χ0v) is 14.1. The number of carbonyl (C=O) groups is 1. The van der Waals surface area contributed by atoms with Crippen LogP contribution in [0.2, 0.25) is 0 Å². The van der Waals surface area contributed by atoms with E-state index in [1.54, 1.807) is 31.5 Å². The number of urea groups is 1. The Morgan fingerprint density at radius 1 is 1.46 bits per heavy atom. The van der Waals surface area contributed by atoms with Crippen LogP contribution in [0.4, 0.5) is 14.9 Å². The number of benzene rings is 1. The fourth-order valence-corrected chi connectivity index (χ4v) is 2.48. The van der Waals surface area contributed by atoms with Gasteiger partial charge in [-0.2, -0.15) is 5.10 Å². The quantitative estimate of drug-likeness (QED) is 0.760. The van der Waals surface area contributed by atoms with Crippen LogP contribution >= 0.6 is 0 Å². The first-order valence-electron chi connectivity index (χ1n) is 7.88. The van der Waals surface area contributed by atoms with Crippen molar-refractivity contribution in [3.05, 3.63) is 42.0 Å². The van der Waals surface area contributed by atoms with Crippen LogP contribution in [0, 0.1) is 12.7 Å². The molecule has 0 bridgehead atoms. The third-order valence-corrected chi connectivity index (χ3v) is 3.73. The molecule has 0 aliphatic heterocycles. The summed E-state index contributed by atoms with van der Waals surface area (Å²) in [6.07, 6.45) is 4.82. The molecule has 7 heteroatoms. The number of amides is 2. The van der Waals surface area contributed by atoms with Gasteiger partial charge in [-0.1, -0.05) is 13.3 Å². The van der Waals surface area contributed by atoms with Gasteiger partial charge in [0.25, 0.3) is 0 Å². The maximum absolute atomic E-state index is 14.2. The highest BCUT2D eigenvalue weighted by Crippen LogP contribution is 2.19. The van der Waals surface area contributed by atoms with Gasteiger partial charge >= 0.3 is 6.03 Å². The highest BCUT2D eigenvalue weighted by Gasteiger charge is 2.24. The van der Waals surface area contributed by atoms with Gasteiger partial charge in [0.2, 0.25) is 0 Å². The van der Waals surface area contributed by atoms with Crippen LogP contribution < -0.4 is 10.6 Å². The number of aliphatic hydroxyl groups excluding tert-OH is 1. The zero-order chi connectivity index (χ0) is 17.7. The summed E-state index contributed by atoms with van der Waals surface area (Å²) in [6, 6.07) is 3.91. The van der Waals surface area contributed by atoms with Gasteiger partial charge in [-0.3, -0.25) is 0 Å². The maximum Gasteiger partial charge on any atom is 0.319 e. The van der Waals surface area contributed by atoms with Crippen molar-refractivity contribution in [3.8, 4) is 5.69 Å². The molecule has 6 nitrogen and oxygen atoms in total. The van der Waals surface area contributed by atoms with Crippen molar-refractivity contribution in [3.63, 3.8) is 0 Å². The predicted molar refractivity (Wildman–Crippen MR) is 90.8 cm³/mol. The topological polar surface area (TPSA) is 79.2 Å². The molecule has 1 heterocycles. The highest BCUT2D eigenvalue weighted by atomic mass is 19.1. The van der Waals surface area contributed by atoms with E-state index in [4.69, 9.17) is 0 Å². The van der Waals surface area contributed by atoms with Crippen molar-refractivity contribution < 1.29 is 14.3 Å². The minimum atomic E-state index is -0.704. The largest absolute Gasteiger partial charge is 0.394 e. The number of aliphatic hydroxyl groups is 1. The van der Waals surface area contributed by atoms with Crippen LogP contribution in [0.3, 0.4) is 0 Å². The molecule has 0 fully saturated rings. The van der Waals surface area contributed by atoms with E-state index in [1.807, 2.05) is 13.8 Å². The molecule has 3 N–H and O–H groups in total. The minimum absolute atomic E-state index is 0.166. The lowest BCUT2D eigenvalue weighted by Crippen LogP contribution is -2.50. The lowest BCUT2D eigenvalue weighted by molar-refractivity contribution is 0.167. The molecular formula is C17H23FN4O2. The molecule has 1 atom stereocenters. The van der Waals surface area contributed by atoms with Gasteiger partial charge in [-0.15, -0.1) is 0 Å². The molecule has 1 unspecified atom stereocenters. The molecule has 24 heavy (non-hydrogen) atoms. The monoisotopic (exact) mass is 334 g/mol. The van der Waals surface area contributed by atoms with E-state index in [0.29, 0.717) is 17.8 Å². The second-order valence-electron chi connectivity index (χ2n) is 6.18. The lowest BCUT2D eigenvalue weighted by Gasteiger charge is -2.28. The number of aromatic nitrogens is 2. The molecule has 0 radical (unpaired) electrons. The van der Waals surface area contributed by atoms with Crippen LogP contribution in [-0.4, -0.2) is 33.1 Å². The molecule has 1 aromatic heterocycles. The van der Waals surface area contributed by atoms with Crippen LogP contribution in [0.5, 0.6) is 0 Å². The molecular weight excluding hydrogens is 311 g/mol. The van der Waals surface area contributed by atoms with Gasteiger partial charge in [-0.05, 0) is 44.0 Å². The Labute approximate surface area is 140 Å². The number of hydrogen-bond acceptors (Lipinski definition) is 3. The van der Waals surface area contributed by atoms with E-state index in [-0.39, 0.29) is 6.61 Å². The molecule has 0 saturated heterocycles. The Balaban J connectivity index is 2.08. The molecule has 130 valence electrons. The van der Waals surface area contributed by atoms with Crippen LogP contribution in [0.1, 0.15) is 32.3 Å². The predicted octanol–water partition coefficient (Wildman–Crippen LogP) is 2.99. The molecule has 0 saturated carbocycles. The summed E-state index contributed by atoms with van der Waals surface area (Å²) in [4.78, 5) is 12.1. The average Bonchev–Trinajstić information content (AvgIpc) is 2.93. The normalized spacial score (nSPS) is 13.4. The number of nitrogens with zero attached hydrogens (tertiary/aromatic N) is 2. The van der Waals surface area contributed by atoms with Crippen molar-refractivity contribution in [1.29, 1.82) is 0 Å². The molecule has 2 amide bonds. The van der Waals surface area contributed by atoms with Gasteiger partial charge in [-0.25, -0.2) is 13.9 Å². The number of aryl methyl sites for hydroxylation is 1. The van der Waals surface area contributed by atoms with Crippen molar-refractivity contribution >= 4 is 11.7 Å². The smallest absolute Gasteiger partial charge is 0.319 e. The van der Waals surface area contributed by atoms with E-state index in [1.165, 1.54) is 10.7 Å². The second-order valence-corrected chi connectivity index (χ2v) is 6.18. The SMILES string of the molecule is CCCC(C)(CO)NC(=O)Nc1ccc(-n2cc(C)cn2)c(F)c1. The van der Waals surface area contributed by atoms with Crippen LogP contribution in [0.15, 0.2) is 30.6 Å². The standard InChI is InChI=1S/C17H23FN4O2/c1-4-7-17(3,11-23)21-16(24)20-13-5-6-15(14(18)8-13)22-10-12(2)9-19-22/h5-6,8-10,23H,4,7,11H2,1-3H3,(H2,20,21,24). The number of rotatable bonds is 6. The van der Waals surface area contributed by atoms with E-state index in [2.05, 4.69) is 15.7 Å². The van der Waals surface area contributed by atoms with Crippen molar-refractivity contribution in [1.82, 2.24) is 15.1 Å². The average molecular weight is 334 g/mol. The van der Waals surface area contributed by atoms with E-state index < -0.39 is 17.4 Å². The highest BCUT2D eigenvalue weighted by molar-refractivity contribution is 5.89. The maximum atomic E-state index is 14.2. The Hall–Kier alpha value is -2.41. The summed E-state index contributed by atoms with van der Waals surface area (Å²) in [5.41, 5.74) is 0.856. The van der Waals surface area contributed by atoms with Gasteiger partial charge in [0.05, 0.1) is 18.3 Å². The Morgan fingerprint density at radius 3 is 2.75 bits per heavy atom. The Bertz CT molecular complexity index is 716. The fourth-order valence-electron chi connectivity index (χ4n) is 2.48. The summed E-state index contributed by atoms with van der Waals surface area (Å²) in [7, 11) is 0. The summed E-state index contributed by atoms with van der Waals surface area (Å²) in [5.74, 6) is -0.491. The van der Waals surface area contributed by atoms with Gasteiger partial charge in [0.1, 0.15) is 5.69 Å². The third-order valence-electron chi connectivity index (χ3n) is 3.73. The van der Waals surface area contributed by atoms with E-state index in [0.717, 1.165) is 12.0 Å². The summed E-state index contributed by atoms with van der Waals surface area (Å²) in [6.45, 7) is 5.44. The summed E-state index contributed by atoms with van der Waals surface area (Å²) < 4.78 is 15.7. The molecule has 0 spiro atoms. The van der Waals surface area contributed by atoms with Gasteiger partial charge in [0, 0.05) is 11.9 Å². The van der Waals surface area contributed by atoms with E-state index >= 15 is 0 Å². The first-order chi connectivity index (χ1) is 11.4. The molecule has 2 aromatic rings. The molecule has 0 aliphatic rings. The number of carbonyl (C=O) groups excluding carboxylic acids is 1. The van der Waals surface area contributed by atoms with Crippen molar-refractivity contribution in [2.24, 2.45) is 0 Å². The molecule has 0 aliphatic carbocycles.